The molecule has 3 heteroatoms. The third-order valence-electron chi connectivity index (χ3n) is 3.83. The van der Waals surface area contributed by atoms with Crippen molar-refractivity contribution in [2.45, 2.75) is 57.9 Å². The largest absolute Gasteiger partial charge is 0.353 e. The molecule has 3 N–H and O–H groups in total. The summed E-state index contributed by atoms with van der Waals surface area (Å²) in [4.78, 5) is 12.4. The molecule has 0 aromatic rings. The lowest BCUT2D eigenvalue weighted by atomic mass is 9.79. The molecule has 1 aliphatic carbocycles. The molecule has 98 valence electrons. The van der Waals surface area contributed by atoms with Crippen LogP contribution in [0.1, 0.15) is 51.9 Å². The molecule has 1 rings (SSSR count). The van der Waals surface area contributed by atoms with Crippen molar-refractivity contribution in [3.05, 3.63) is 12.7 Å². The zero-order chi connectivity index (χ0) is 12.7. The molecule has 0 aliphatic heterocycles. The third-order valence-corrected chi connectivity index (χ3v) is 3.83. The van der Waals surface area contributed by atoms with Crippen molar-refractivity contribution in [2.24, 2.45) is 11.1 Å². The van der Waals surface area contributed by atoms with E-state index in [1.807, 2.05) is 13.0 Å². The van der Waals surface area contributed by atoms with Crippen LogP contribution in [-0.2, 0) is 4.79 Å². The first-order chi connectivity index (χ1) is 8.14. The summed E-state index contributed by atoms with van der Waals surface area (Å²) in [7, 11) is 0. The van der Waals surface area contributed by atoms with Gasteiger partial charge in [-0.05, 0) is 26.2 Å². The van der Waals surface area contributed by atoms with E-state index in [2.05, 4.69) is 11.9 Å². The zero-order valence-electron chi connectivity index (χ0n) is 11.0. The molecule has 1 unspecified atom stereocenters. The fourth-order valence-electron chi connectivity index (χ4n) is 2.62. The summed E-state index contributed by atoms with van der Waals surface area (Å²) >= 11 is 0. The van der Waals surface area contributed by atoms with E-state index in [1.54, 1.807) is 0 Å². The van der Waals surface area contributed by atoms with Crippen LogP contribution in [-0.4, -0.2) is 18.5 Å². The van der Waals surface area contributed by atoms with Gasteiger partial charge in [-0.2, -0.15) is 0 Å². The highest BCUT2D eigenvalue weighted by Crippen LogP contribution is 2.34. The van der Waals surface area contributed by atoms with Crippen LogP contribution in [0.5, 0.6) is 0 Å². The maximum absolute atomic E-state index is 12.4. The van der Waals surface area contributed by atoms with E-state index in [4.69, 9.17) is 5.73 Å². The fraction of sp³-hybridized carbons (Fsp3) is 0.786. The van der Waals surface area contributed by atoms with E-state index in [-0.39, 0.29) is 17.4 Å². The van der Waals surface area contributed by atoms with Crippen molar-refractivity contribution >= 4 is 5.91 Å². The van der Waals surface area contributed by atoms with Crippen molar-refractivity contribution in [3.8, 4) is 0 Å². The number of nitrogens with one attached hydrogen (secondary N) is 1. The SMILES string of the molecule is C=CCC(C)NC(=O)C1(CN)CCCCCC1. The predicted molar refractivity (Wildman–Crippen MR) is 71.6 cm³/mol. The van der Waals surface area contributed by atoms with Gasteiger partial charge in [0.1, 0.15) is 0 Å². The Labute approximate surface area is 105 Å². The van der Waals surface area contributed by atoms with Gasteiger partial charge in [-0.3, -0.25) is 4.79 Å². The van der Waals surface area contributed by atoms with Crippen molar-refractivity contribution in [1.29, 1.82) is 0 Å². The molecule has 0 heterocycles. The fourth-order valence-corrected chi connectivity index (χ4v) is 2.62. The highest BCUT2D eigenvalue weighted by molar-refractivity contribution is 5.83. The summed E-state index contributed by atoms with van der Waals surface area (Å²) in [5.41, 5.74) is 5.56. The van der Waals surface area contributed by atoms with E-state index < -0.39 is 0 Å². The van der Waals surface area contributed by atoms with Crippen LogP contribution in [0, 0.1) is 5.41 Å². The molecule has 1 saturated carbocycles. The lowest BCUT2D eigenvalue weighted by molar-refractivity contribution is -0.132. The van der Waals surface area contributed by atoms with Crippen molar-refractivity contribution in [1.82, 2.24) is 5.32 Å². The summed E-state index contributed by atoms with van der Waals surface area (Å²) in [6, 6.07) is 0.159. The van der Waals surface area contributed by atoms with Gasteiger partial charge in [0.2, 0.25) is 5.91 Å². The maximum atomic E-state index is 12.4. The Hall–Kier alpha value is -0.830. The second kappa shape index (κ2) is 6.80. The molecule has 1 atom stereocenters. The van der Waals surface area contributed by atoms with Gasteiger partial charge in [0, 0.05) is 12.6 Å². The van der Waals surface area contributed by atoms with Gasteiger partial charge in [0.25, 0.3) is 0 Å². The second-order valence-corrected chi connectivity index (χ2v) is 5.30. The van der Waals surface area contributed by atoms with Gasteiger partial charge in [-0.25, -0.2) is 0 Å². The Balaban J connectivity index is 2.63. The van der Waals surface area contributed by atoms with E-state index in [0.29, 0.717) is 6.54 Å². The number of carbonyl (C=O) groups excluding carboxylic acids is 1. The minimum Gasteiger partial charge on any atom is -0.353 e. The van der Waals surface area contributed by atoms with E-state index in [9.17, 15) is 4.79 Å². The number of amides is 1. The first-order valence-electron chi connectivity index (χ1n) is 6.76. The molecule has 0 saturated heterocycles. The molecule has 3 nitrogen and oxygen atoms in total. The Kier molecular flexibility index (Phi) is 5.69. The van der Waals surface area contributed by atoms with Gasteiger partial charge < -0.3 is 11.1 Å². The van der Waals surface area contributed by atoms with E-state index in [0.717, 1.165) is 32.1 Å². The molecule has 0 bridgehead atoms. The summed E-state index contributed by atoms with van der Waals surface area (Å²) < 4.78 is 0. The number of rotatable bonds is 5. The van der Waals surface area contributed by atoms with Gasteiger partial charge >= 0.3 is 0 Å². The number of carbonyl (C=O) groups is 1. The van der Waals surface area contributed by atoms with Crippen LogP contribution in [0.3, 0.4) is 0 Å². The minimum absolute atomic E-state index is 0.149. The topological polar surface area (TPSA) is 55.1 Å². The first-order valence-corrected chi connectivity index (χ1v) is 6.76. The Bertz CT molecular complexity index is 255. The number of nitrogens with two attached hydrogens (primary N) is 1. The zero-order valence-corrected chi connectivity index (χ0v) is 11.0. The van der Waals surface area contributed by atoms with Gasteiger partial charge in [0.15, 0.2) is 0 Å². The summed E-state index contributed by atoms with van der Waals surface area (Å²) in [5, 5.41) is 3.08. The van der Waals surface area contributed by atoms with Gasteiger partial charge in [-0.15, -0.1) is 6.58 Å². The quantitative estimate of drug-likeness (QED) is 0.570. The number of hydrogen-bond acceptors (Lipinski definition) is 2. The Morgan fingerprint density at radius 1 is 1.41 bits per heavy atom. The van der Waals surface area contributed by atoms with Crippen molar-refractivity contribution in [3.63, 3.8) is 0 Å². The molecule has 0 aromatic heterocycles. The van der Waals surface area contributed by atoms with Crippen molar-refractivity contribution in [2.75, 3.05) is 6.54 Å². The maximum Gasteiger partial charge on any atom is 0.227 e. The predicted octanol–water partition coefficient (Wildman–Crippen LogP) is 2.37. The van der Waals surface area contributed by atoms with Crippen LogP contribution in [0.25, 0.3) is 0 Å². The lowest BCUT2D eigenvalue weighted by Gasteiger charge is -2.31. The third kappa shape index (κ3) is 3.84. The Morgan fingerprint density at radius 2 is 2.00 bits per heavy atom. The van der Waals surface area contributed by atoms with Gasteiger partial charge in [-0.1, -0.05) is 31.8 Å². The highest BCUT2D eigenvalue weighted by Gasteiger charge is 2.37. The highest BCUT2D eigenvalue weighted by atomic mass is 16.2. The summed E-state index contributed by atoms with van der Waals surface area (Å²) in [6.07, 6.45) is 9.25. The minimum atomic E-state index is -0.314. The van der Waals surface area contributed by atoms with Crippen LogP contribution in [0.15, 0.2) is 12.7 Å². The molecule has 1 fully saturated rings. The summed E-state index contributed by atoms with van der Waals surface area (Å²) in [5.74, 6) is 0.149. The summed E-state index contributed by atoms with van der Waals surface area (Å²) in [6.45, 7) is 6.18. The Morgan fingerprint density at radius 3 is 2.47 bits per heavy atom. The monoisotopic (exact) mass is 238 g/mol. The van der Waals surface area contributed by atoms with Crippen molar-refractivity contribution < 1.29 is 4.79 Å². The standard InChI is InChI=1S/C14H26N2O/c1-3-8-12(2)16-13(17)14(11-15)9-6-4-5-7-10-14/h3,12H,1,4-11,15H2,2H3,(H,16,17). The molecular formula is C14H26N2O. The van der Waals surface area contributed by atoms with E-state index >= 15 is 0 Å². The molecule has 0 spiro atoms. The smallest absolute Gasteiger partial charge is 0.227 e. The van der Waals surface area contributed by atoms with Gasteiger partial charge in [0.05, 0.1) is 5.41 Å². The molecular weight excluding hydrogens is 212 g/mol. The van der Waals surface area contributed by atoms with Crippen LogP contribution >= 0.6 is 0 Å². The molecule has 17 heavy (non-hydrogen) atoms. The lowest BCUT2D eigenvalue weighted by Crippen LogP contribution is -2.48. The molecule has 0 radical (unpaired) electrons. The second-order valence-electron chi connectivity index (χ2n) is 5.30. The average molecular weight is 238 g/mol. The number of hydrogen-bond donors (Lipinski definition) is 2. The average Bonchev–Trinajstić information content (AvgIpc) is 2.55. The van der Waals surface area contributed by atoms with E-state index in [1.165, 1.54) is 12.8 Å². The van der Waals surface area contributed by atoms with Crippen LogP contribution in [0.4, 0.5) is 0 Å². The molecule has 1 amide bonds. The van der Waals surface area contributed by atoms with Crippen LogP contribution in [0.2, 0.25) is 0 Å². The molecule has 1 aliphatic rings. The van der Waals surface area contributed by atoms with Crippen LogP contribution < -0.4 is 11.1 Å². The molecule has 0 aromatic carbocycles. The first kappa shape index (κ1) is 14.2. The normalized spacial score (nSPS) is 21.3.